The lowest BCUT2D eigenvalue weighted by Crippen LogP contribution is -2.56. The van der Waals surface area contributed by atoms with Crippen molar-refractivity contribution in [1.82, 2.24) is 15.0 Å². The van der Waals surface area contributed by atoms with Gasteiger partial charge in [0.25, 0.3) is 5.91 Å². The van der Waals surface area contributed by atoms with Crippen LogP contribution in [-0.4, -0.2) is 40.1 Å². The summed E-state index contributed by atoms with van der Waals surface area (Å²) in [6.45, 7) is 4.41. The van der Waals surface area contributed by atoms with Crippen LogP contribution in [0, 0.1) is 25.2 Å². The Balaban J connectivity index is 1.60. The average Bonchev–Trinajstić information content (AvgIpc) is 2.81. The maximum absolute atomic E-state index is 12.3. The zero-order valence-electron chi connectivity index (χ0n) is 12.2. The van der Waals surface area contributed by atoms with E-state index in [1.54, 1.807) is 30.9 Å². The molecule has 0 radical (unpaired) electrons. The maximum Gasteiger partial charge on any atom is 0.259 e. The minimum Gasteiger partial charge on any atom is -0.471 e. The quantitative estimate of drug-likeness (QED) is 0.851. The number of carbonyl (C=O) groups is 1. The number of hydrogen-bond acceptors (Lipinski definition) is 6. The summed E-state index contributed by atoms with van der Waals surface area (Å²) in [5.74, 6) is 0.818. The number of nitrogens with zero attached hydrogens (tertiary/aromatic N) is 4. The normalized spacial score (nSPS) is 14.3. The van der Waals surface area contributed by atoms with Crippen LogP contribution in [0.1, 0.15) is 27.4 Å². The summed E-state index contributed by atoms with van der Waals surface area (Å²) >= 11 is 0. The van der Waals surface area contributed by atoms with Crippen molar-refractivity contribution in [2.45, 2.75) is 20.0 Å². The van der Waals surface area contributed by atoms with Crippen molar-refractivity contribution in [2.24, 2.45) is 0 Å². The number of pyridine rings is 1. The van der Waals surface area contributed by atoms with Crippen LogP contribution in [0.5, 0.6) is 5.88 Å². The van der Waals surface area contributed by atoms with E-state index < -0.39 is 0 Å². The highest BCUT2D eigenvalue weighted by atomic mass is 16.5. The zero-order chi connectivity index (χ0) is 15.7. The molecule has 112 valence electrons. The van der Waals surface area contributed by atoms with E-state index in [0.29, 0.717) is 41.6 Å². The Morgan fingerprint density at radius 3 is 2.91 bits per heavy atom. The number of aromatic nitrogens is 2. The van der Waals surface area contributed by atoms with Crippen molar-refractivity contribution in [3.8, 4) is 11.9 Å². The van der Waals surface area contributed by atoms with Gasteiger partial charge in [-0.2, -0.15) is 5.26 Å². The van der Waals surface area contributed by atoms with E-state index in [-0.39, 0.29) is 12.0 Å². The van der Waals surface area contributed by atoms with Crippen LogP contribution in [0.2, 0.25) is 0 Å². The molecule has 1 saturated heterocycles. The summed E-state index contributed by atoms with van der Waals surface area (Å²) in [7, 11) is 0. The predicted molar refractivity (Wildman–Crippen MR) is 75.2 cm³/mol. The van der Waals surface area contributed by atoms with Crippen molar-refractivity contribution < 1.29 is 14.1 Å². The molecule has 2 aromatic rings. The summed E-state index contributed by atoms with van der Waals surface area (Å²) in [6, 6.07) is 5.23. The Kier molecular flexibility index (Phi) is 3.51. The van der Waals surface area contributed by atoms with Crippen molar-refractivity contribution in [1.29, 1.82) is 5.26 Å². The molecule has 7 nitrogen and oxygen atoms in total. The molecule has 0 bridgehead atoms. The zero-order valence-corrected chi connectivity index (χ0v) is 12.2. The summed E-state index contributed by atoms with van der Waals surface area (Å²) in [6.07, 6.45) is 1.41. The third-order valence-corrected chi connectivity index (χ3v) is 3.53. The lowest BCUT2D eigenvalue weighted by molar-refractivity contribution is 0.0158. The Morgan fingerprint density at radius 2 is 2.27 bits per heavy atom. The second kappa shape index (κ2) is 5.48. The fraction of sp³-hybridized carbons (Fsp3) is 0.333. The number of carbonyl (C=O) groups excluding carboxylic acids is 1. The fourth-order valence-corrected chi connectivity index (χ4v) is 2.34. The molecule has 3 rings (SSSR count). The van der Waals surface area contributed by atoms with Gasteiger partial charge in [-0.15, -0.1) is 0 Å². The first kappa shape index (κ1) is 14.1. The van der Waals surface area contributed by atoms with Crippen LogP contribution in [0.15, 0.2) is 22.9 Å². The van der Waals surface area contributed by atoms with Gasteiger partial charge < -0.3 is 14.2 Å². The van der Waals surface area contributed by atoms with Gasteiger partial charge in [0.15, 0.2) is 0 Å². The largest absolute Gasteiger partial charge is 0.471 e. The lowest BCUT2D eigenvalue weighted by atomic mass is 10.1. The molecule has 3 heterocycles. The molecule has 7 heteroatoms. The van der Waals surface area contributed by atoms with Crippen LogP contribution >= 0.6 is 0 Å². The van der Waals surface area contributed by atoms with Gasteiger partial charge in [-0.3, -0.25) is 4.79 Å². The van der Waals surface area contributed by atoms with Gasteiger partial charge >= 0.3 is 0 Å². The molecular weight excluding hydrogens is 284 g/mol. The first-order valence-corrected chi connectivity index (χ1v) is 6.83. The second-order valence-corrected chi connectivity index (χ2v) is 5.14. The minimum absolute atomic E-state index is 0.102. The average molecular weight is 298 g/mol. The van der Waals surface area contributed by atoms with E-state index in [2.05, 4.69) is 10.1 Å². The molecule has 0 aliphatic carbocycles. The Hall–Kier alpha value is -2.88. The van der Waals surface area contributed by atoms with Gasteiger partial charge in [-0.25, -0.2) is 4.98 Å². The van der Waals surface area contributed by atoms with Crippen molar-refractivity contribution in [3.05, 3.63) is 40.9 Å². The molecule has 0 N–H and O–H groups in total. The summed E-state index contributed by atoms with van der Waals surface area (Å²) in [4.78, 5) is 18.1. The Labute approximate surface area is 127 Å². The second-order valence-electron chi connectivity index (χ2n) is 5.14. The van der Waals surface area contributed by atoms with Gasteiger partial charge in [-0.1, -0.05) is 5.16 Å². The molecule has 1 amide bonds. The van der Waals surface area contributed by atoms with Gasteiger partial charge in [0.2, 0.25) is 5.88 Å². The van der Waals surface area contributed by atoms with E-state index in [4.69, 9.17) is 14.5 Å². The number of nitriles is 1. The molecule has 1 aliphatic rings. The number of likely N-dealkylation sites (tertiary alicyclic amines) is 1. The topological polar surface area (TPSA) is 92.3 Å². The number of hydrogen-bond donors (Lipinski definition) is 0. The van der Waals surface area contributed by atoms with Crippen LogP contribution in [0.4, 0.5) is 0 Å². The van der Waals surface area contributed by atoms with Crippen molar-refractivity contribution in [3.63, 3.8) is 0 Å². The minimum atomic E-state index is -0.120. The smallest absolute Gasteiger partial charge is 0.259 e. The SMILES string of the molecule is Cc1noc(C)c1C(=O)N1CC(Oc2cc(C#N)ccn2)C1. The van der Waals surface area contributed by atoms with E-state index in [9.17, 15) is 4.79 Å². The monoisotopic (exact) mass is 298 g/mol. The molecule has 0 unspecified atom stereocenters. The Morgan fingerprint density at radius 1 is 1.50 bits per heavy atom. The summed E-state index contributed by atoms with van der Waals surface area (Å²) < 4.78 is 10.7. The van der Waals surface area contributed by atoms with Gasteiger partial charge in [-0.05, 0) is 19.9 Å². The van der Waals surface area contributed by atoms with Gasteiger partial charge in [0.05, 0.1) is 30.4 Å². The number of aryl methyl sites for hydroxylation is 2. The molecule has 0 saturated carbocycles. The highest BCUT2D eigenvalue weighted by Crippen LogP contribution is 2.21. The first-order chi connectivity index (χ1) is 10.6. The lowest BCUT2D eigenvalue weighted by Gasteiger charge is -2.38. The van der Waals surface area contributed by atoms with Crippen molar-refractivity contribution in [2.75, 3.05) is 13.1 Å². The number of ether oxygens (including phenoxy) is 1. The van der Waals surface area contributed by atoms with Gasteiger partial charge in [0.1, 0.15) is 17.4 Å². The molecular formula is C15H14N4O3. The molecule has 0 aromatic carbocycles. The van der Waals surface area contributed by atoms with E-state index in [1.807, 2.05) is 6.07 Å². The standard InChI is InChI=1S/C15H14N4O3/c1-9-14(10(2)22-18-9)15(20)19-7-12(8-19)21-13-5-11(6-16)3-4-17-13/h3-5,12H,7-8H2,1-2H3. The van der Waals surface area contributed by atoms with E-state index >= 15 is 0 Å². The van der Waals surface area contributed by atoms with Crippen LogP contribution < -0.4 is 4.74 Å². The summed E-state index contributed by atoms with van der Waals surface area (Å²) in [5, 5.41) is 12.6. The molecule has 1 fully saturated rings. The molecule has 2 aromatic heterocycles. The van der Waals surface area contributed by atoms with Crippen molar-refractivity contribution >= 4 is 5.91 Å². The first-order valence-electron chi connectivity index (χ1n) is 6.83. The predicted octanol–water partition coefficient (Wildman–Crippen LogP) is 1.46. The molecule has 0 spiro atoms. The highest BCUT2D eigenvalue weighted by Gasteiger charge is 2.35. The summed E-state index contributed by atoms with van der Waals surface area (Å²) in [5.41, 5.74) is 1.60. The number of rotatable bonds is 3. The van der Waals surface area contributed by atoms with E-state index in [1.165, 1.54) is 6.20 Å². The maximum atomic E-state index is 12.3. The molecule has 1 aliphatic heterocycles. The molecule has 0 atom stereocenters. The van der Waals surface area contributed by atoms with Crippen LogP contribution in [0.3, 0.4) is 0 Å². The fourth-order valence-electron chi connectivity index (χ4n) is 2.34. The van der Waals surface area contributed by atoms with E-state index in [0.717, 1.165) is 0 Å². The van der Waals surface area contributed by atoms with Crippen LogP contribution in [0.25, 0.3) is 0 Å². The third-order valence-electron chi connectivity index (χ3n) is 3.53. The molecule has 22 heavy (non-hydrogen) atoms. The third kappa shape index (κ3) is 2.51. The number of amides is 1. The van der Waals surface area contributed by atoms with Gasteiger partial charge in [0, 0.05) is 12.3 Å². The highest BCUT2D eigenvalue weighted by molar-refractivity contribution is 5.96. The Bertz CT molecular complexity index is 737. The van der Waals surface area contributed by atoms with Crippen LogP contribution in [-0.2, 0) is 0 Å².